The fourth-order valence-corrected chi connectivity index (χ4v) is 4.89. The van der Waals surface area contributed by atoms with Crippen molar-refractivity contribution in [3.05, 3.63) is 64.4 Å². The highest BCUT2D eigenvalue weighted by molar-refractivity contribution is 6.32. The molecule has 8 heteroatoms. The highest BCUT2D eigenvalue weighted by atomic mass is 35.5. The van der Waals surface area contributed by atoms with Crippen molar-refractivity contribution < 1.29 is 18.7 Å². The average Bonchev–Trinajstić information content (AvgIpc) is 3.63. The Morgan fingerprint density at radius 1 is 1.18 bits per heavy atom. The first-order valence-electron chi connectivity index (χ1n) is 11.7. The van der Waals surface area contributed by atoms with Gasteiger partial charge in [-0.15, -0.1) is 0 Å². The van der Waals surface area contributed by atoms with Crippen molar-refractivity contribution >= 4 is 29.3 Å². The number of carbonyl (C=O) groups excluding carboxylic acids is 1. The van der Waals surface area contributed by atoms with E-state index in [0.717, 1.165) is 12.1 Å². The molecular weight excluding hydrogens is 457 g/mol. The van der Waals surface area contributed by atoms with E-state index in [1.165, 1.54) is 25.0 Å². The molecule has 2 N–H and O–H groups in total. The first-order chi connectivity index (χ1) is 16.5. The molecule has 0 aromatic heterocycles. The Bertz CT molecular complexity index is 1060. The predicted octanol–water partition coefficient (Wildman–Crippen LogP) is 3.98. The third-order valence-corrected chi connectivity index (χ3v) is 6.93. The summed E-state index contributed by atoms with van der Waals surface area (Å²) < 4.78 is 24.8. The Morgan fingerprint density at radius 2 is 1.88 bits per heavy atom. The van der Waals surface area contributed by atoms with Gasteiger partial charge in [-0.2, -0.15) is 0 Å². The summed E-state index contributed by atoms with van der Waals surface area (Å²) in [5.74, 6) is 0.903. The molecule has 2 saturated heterocycles. The molecule has 1 saturated carbocycles. The molecule has 2 aromatic carbocycles. The lowest BCUT2D eigenvalue weighted by Gasteiger charge is -2.49. The molecule has 0 radical (unpaired) electrons. The van der Waals surface area contributed by atoms with Crippen LogP contribution >= 0.6 is 11.6 Å². The zero-order valence-corrected chi connectivity index (χ0v) is 19.7. The van der Waals surface area contributed by atoms with Gasteiger partial charge in [-0.25, -0.2) is 4.39 Å². The summed E-state index contributed by atoms with van der Waals surface area (Å²) >= 11 is 6.29. The summed E-state index contributed by atoms with van der Waals surface area (Å²) in [5, 5.41) is 0.477. The summed E-state index contributed by atoms with van der Waals surface area (Å²) in [5.41, 5.74) is 8.41. The molecule has 2 aromatic rings. The highest BCUT2D eigenvalue weighted by Gasteiger charge is 2.40. The number of hydrogen-bond acceptors (Lipinski definition) is 5. The van der Waals surface area contributed by atoms with Gasteiger partial charge in [0.1, 0.15) is 11.6 Å². The second kappa shape index (κ2) is 9.94. The second-order valence-electron chi connectivity index (χ2n) is 9.41. The van der Waals surface area contributed by atoms with E-state index in [-0.39, 0.29) is 23.8 Å². The van der Waals surface area contributed by atoms with Gasteiger partial charge in [0.2, 0.25) is 5.91 Å². The van der Waals surface area contributed by atoms with Crippen molar-refractivity contribution in [1.82, 2.24) is 9.80 Å². The predicted molar refractivity (Wildman–Crippen MR) is 130 cm³/mol. The van der Waals surface area contributed by atoms with E-state index in [2.05, 4.69) is 4.90 Å². The van der Waals surface area contributed by atoms with E-state index in [4.69, 9.17) is 26.8 Å². The van der Waals surface area contributed by atoms with Crippen LogP contribution in [0, 0.1) is 11.7 Å². The van der Waals surface area contributed by atoms with Crippen molar-refractivity contribution in [1.29, 1.82) is 0 Å². The van der Waals surface area contributed by atoms with Crippen LogP contribution in [0.15, 0.2) is 42.5 Å². The third-order valence-electron chi connectivity index (χ3n) is 6.63. The Balaban J connectivity index is 1.25. The Kier molecular flexibility index (Phi) is 6.77. The zero-order chi connectivity index (χ0) is 23.7. The number of halogens is 2. The lowest BCUT2D eigenvalue weighted by Crippen LogP contribution is -2.65. The monoisotopic (exact) mass is 485 g/mol. The molecule has 2 atom stereocenters. The molecule has 0 spiro atoms. The van der Waals surface area contributed by atoms with Gasteiger partial charge in [-0.1, -0.05) is 23.7 Å². The SMILES string of the molecule is Nc1cc(Cl)c(OCC2CC2)cc1C=CC(=O)N1C2COCC1CN(Cc1ccc(F)cc1)C2. The minimum atomic E-state index is -0.237. The van der Waals surface area contributed by atoms with Gasteiger partial charge in [0.15, 0.2) is 0 Å². The summed E-state index contributed by atoms with van der Waals surface area (Å²) in [7, 11) is 0. The van der Waals surface area contributed by atoms with Gasteiger partial charge in [0.25, 0.3) is 0 Å². The second-order valence-corrected chi connectivity index (χ2v) is 9.82. The number of carbonyl (C=O) groups is 1. The molecule has 1 aliphatic carbocycles. The number of rotatable bonds is 7. The number of fused-ring (bicyclic) bond motifs is 2. The van der Waals surface area contributed by atoms with Crippen LogP contribution in [-0.4, -0.2) is 60.7 Å². The Hall–Kier alpha value is -2.61. The van der Waals surface area contributed by atoms with E-state index in [1.54, 1.807) is 36.4 Å². The number of ether oxygens (including phenoxy) is 2. The molecule has 2 unspecified atom stereocenters. The van der Waals surface area contributed by atoms with Crippen LogP contribution in [0.2, 0.25) is 5.02 Å². The molecule has 1 amide bonds. The number of nitrogens with zero attached hydrogens (tertiary/aromatic N) is 2. The van der Waals surface area contributed by atoms with Crippen molar-refractivity contribution in [2.45, 2.75) is 31.5 Å². The molecule has 2 aliphatic heterocycles. The lowest BCUT2D eigenvalue weighted by atomic mass is 10.0. The molecule has 2 heterocycles. The average molecular weight is 486 g/mol. The van der Waals surface area contributed by atoms with Crippen LogP contribution in [0.1, 0.15) is 24.0 Å². The van der Waals surface area contributed by atoms with Gasteiger partial charge >= 0.3 is 0 Å². The van der Waals surface area contributed by atoms with Crippen molar-refractivity contribution in [3.63, 3.8) is 0 Å². The number of nitrogens with two attached hydrogens (primary N) is 1. The Morgan fingerprint density at radius 3 is 2.56 bits per heavy atom. The van der Waals surface area contributed by atoms with Crippen molar-refractivity contribution in [3.8, 4) is 5.75 Å². The fourth-order valence-electron chi connectivity index (χ4n) is 4.67. The van der Waals surface area contributed by atoms with E-state index < -0.39 is 0 Å². The van der Waals surface area contributed by atoms with E-state index in [1.807, 2.05) is 4.90 Å². The fraction of sp³-hybridized carbons (Fsp3) is 0.423. The molecule has 180 valence electrons. The number of nitrogen functional groups attached to an aromatic ring is 1. The van der Waals surface area contributed by atoms with Crippen LogP contribution in [-0.2, 0) is 16.1 Å². The summed E-state index contributed by atoms with van der Waals surface area (Å²) in [6.45, 7) is 3.77. The summed E-state index contributed by atoms with van der Waals surface area (Å²) in [6, 6.07) is 9.97. The number of amides is 1. The number of anilines is 1. The maximum absolute atomic E-state index is 13.2. The van der Waals surface area contributed by atoms with Gasteiger partial charge in [0, 0.05) is 37.0 Å². The van der Waals surface area contributed by atoms with Crippen molar-refractivity contribution in [2.24, 2.45) is 5.92 Å². The van der Waals surface area contributed by atoms with Gasteiger partial charge < -0.3 is 20.1 Å². The smallest absolute Gasteiger partial charge is 0.247 e. The minimum Gasteiger partial charge on any atom is -0.492 e. The van der Waals surface area contributed by atoms with Crippen LogP contribution in [0.3, 0.4) is 0 Å². The number of benzene rings is 2. The molecular formula is C26H29ClFN3O3. The Labute approximate surface area is 204 Å². The molecule has 6 nitrogen and oxygen atoms in total. The number of hydrogen-bond donors (Lipinski definition) is 1. The quantitative estimate of drug-likeness (QED) is 0.474. The topological polar surface area (TPSA) is 68.0 Å². The van der Waals surface area contributed by atoms with Gasteiger partial charge in [0.05, 0.1) is 36.9 Å². The molecule has 2 bridgehead atoms. The van der Waals surface area contributed by atoms with Crippen LogP contribution in [0.4, 0.5) is 10.1 Å². The standard InChI is InChI=1S/C26H29ClFN3O3/c27-23-10-24(29)19(9-25(23)34-14-18-1-2-18)5-8-26(32)31-21-12-30(13-22(31)16-33-15-21)11-17-3-6-20(28)7-4-17/h3-10,18,21-22H,1-2,11-16,29H2. The minimum absolute atomic E-state index is 0.0369. The van der Waals surface area contributed by atoms with Gasteiger partial charge in [-0.05, 0) is 54.7 Å². The largest absolute Gasteiger partial charge is 0.492 e. The van der Waals surface area contributed by atoms with E-state index >= 15 is 0 Å². The lowest BCUT2D eigenvalue weighted by molar-refractivity contribution is -0.150. The molecule has 34 heavy (non-hydrogen) atoms. The third kappa shape index (κ3) is 5.37. The normalized spacial score (nSPS) is 22.8. The van der Waals surface area contributed by atoms with Crippen LogP contribution in [0.5, 0.6) is 5.75 Å². The summed E-state index contributed by atoms with van der Waals surface area (Å²) in [6.07, 6.45) is 5.69. The highest BCUT2D eigenvalue weighted by Crippen LogP contribution is 2.34. The van der Waals surface area contributed by atoms with E-state index in [9.17, 15) is 9.18 Å². The van der Waals surface area contributed by atoms with Crippen molar-refractivity contribution in [2.75, 3.05) is 38.6 Å². The molecule has 3 fully saturated rings. The maximum atomic E-state index is 13.2. The maximum Gasteiger partial charge on any atom is 0.247 e. The summed E-state index contributed by atoms with van der Waals surface area (Å²) in [4.78, 5) is 17.4. The number of piperazine rings is 1. The first kappa shape index (κ1) is 23.1. The first-order valence-corrected chi connectivity index (χ1v) is 12.1. The van der Waals surface area contributed by atoms with Crippen LogP contribution in [0.25, 0.3) is 6.08 Å². The van der Waals surface area contributed by atoms with E-state index in [0.29, 0.717) is 60.9 Å². The zero-order valence-electron chi connectivity index (χ0n) is 19.0. The number of morpholine rings is 1. The van der Waals surface area contributed by atoms with Gasteiger partial charge in [-0.3, -0.25) is 9.69 Å². The molecule has 5 rings (SSSR count). The molecule has 3 aliphatic rings. The van der Waals surface area contributed by atoms with Crippen LogP contribution < -0.4 is 10.5 Å².